The average molecular weight is 513 g/mol. The molecule has 2 aromatic heterocycles. The Morgan fingerprint density at radius 2 is 1.67 bits per heavy atom. The first-order chi connectivity index (χ1) is 17.4. The van der Waals surface area contributed by atoms with Crippen LogP contribution in [0, 0.1) is 13.8 Å². The lowest BCUT2D eigenvalue weighted by Crippen LogP contribution is -2.27. The number of carbonyl (C=O) groups excluding carboxylic acids is 1. The van der Waals surface area contributed by atoms with Crippen molar-refractivity contribution < 1.29 is 4.79 Å². The molecule has 0 aliphatic carbocycles. The molecule has 0 saturated carbocycles. The second-order valence-electron chi connectivity index (χ2n) is 8.71. The van der Waals surface area contributed by atoms with Crippen LogP contribution in [0.1, 0.15) is 27.8 Å². The molecule has 0 radical (unpaired) electrons. The van der Waals surface area contributed by atoms with Crippen molar-refractivity contribution in [1.29, 1.82) is 0 Å². The van der Waals surface area contributed by atoms with Gasteiger partial charge in [0.25, 0.3) is 11.5 Å². The molecular formula is C28H24N4O2S2. The van der Waals surface area contributed by atoms with E-state index in [1.807, 2.05) is 80.6 Å². The van der Waals surface area contributed by atoms with Gasteiger partial charge in [-0.25, -0.2) is 4.98 Å². The monoisotopic (exact) mass is 512 g/mol. The van der Waals surface area contributed by atoms with E-state index in [1.54, 1.807) is 17.2 Å². The lowest BCUT2D eigenvalue weighted by Gasteiger charge is -2.14. The molecule has 0 spiro atoms. The summed E-state index contributed by atoms with van der Waals surface area (Å²) >= 11 is 6.71. The summed E-state index contributed by atoms with van der Waals surface area (Å²) in [5.74, 6) is 0.213. The molecule has 0 bridgehead atoms. The van der Waals surface area contributed by atoms with Crippen LogP contribution in [0.5, 0.6) is 0 Å². The summed E-state index contributed by atoms with van der Waals surface area (Å²) in [6.07, 6.45) is 3.37. The SMILES string of the molecule is Cc1ccc(CNc2nc3ccc(C)cn3c(=O)c2/C=C2\SC(=S)N(Cc3ccccc3)C2=O)cc1. The second-order valence-corrected chi connectivity index (χ2v) is 10.4. The van der Waals surface area contributed by atoms with E-state index in [0.717, 1.165) is 16.7 Å². The van der Waals surface area contributed by atoms with Crippen LogP contribution in [0.4, 0.5) is 5.82 Å². The van der Waals surface area contributed by atoms with Crippen molar-refractivity contribution >= 4 is 51.7 Å². The average Bonchev–Trinajstić information content (AvgIpc) is 3.14. The van der Waals surface area contributed by atoms with Crippen molar-refractivity contribution in [1.82, 2.24) is 14.3 Å². The third kappa shape index (κ3) is 4.96. The van der Waals surface area contributed by atoms with Gasteiger partial charge in [-0.2, -0.15) is 0 Å². The normalized spacial score (nSPS) is 14.7. The molecule has 6 nitrogen and oxygen atoms in total. The minimum atomic E-state index is -0.247. The molecule has 3 heterocycles. The first-order valence-electron chi connectivity index (χ1n) is 11.5. The number of benzene rings is 2. The zero-order valence-corrected chi connectivity index (χ0v) is 21.5. The highest BCUT2D eigenvalue weighted by atomic mass is 32.2. The largest absolute Gasteiger partial charge is 0.365 e. The predicted molar refractivity (Wildman–Crippen MR) is 150 cm³/mol. The van der Waals surface area contributed by atoms with Crippen LogP contribution in [0.3, 0.4) is 0 Å². The van der Waals surface area contributed by atoms with Gasteiger partial charge in [0.2, 0.25) is 0 Å². The third-order valence-electron chi connectivity index (χ3n) is 5.92. The molecule has 1 aliphatic heterocycles. The lowest BCUT2D eigenvalue weighted by atomic mass is 10.1. The molecule has 1 aliphatic rings. The molecule has 36 heavy (non-hydrogen) atoms. The van der Waals surface area contributed by atoms with Gasteiger partial charge in [0, 0.05) is 12.7 Å². The second kappa shape index (κ2) is 10.1. The van der Waals surface area contributed by atoms with Crippen LogP contribution in [-0.2, 0) is 17.9 Å². The Kier molecular flexibility index (Phi) is 6.71. The van der Waals surface area contributed by atoms with Crippen LogP contribution in [0.15, 0.2) is 82.6 Å². The summed E-state index contributed by atoms with van der Waals surface area (Å²) in [4.78, 5) is 33.5. The number of aryl methyl sites for hydroxylation is 2. The lowest BCUT2D eigenvalue weighted by molar-refractivity contribution is -0.122. The number of fused-ring (bicyclic) bond motifs is 1. The van der Waals surface area contributed by atoms with Crippen molar-refractivity contribution in [3.8, 4) is 0 Å². The van der Waals surface area contributed by atoms with Crippen molar-refractivity contribution in [2.75, 3.05) is 5.32 Å². The maximum absolute atomic E-state index is 13.6. The van der Waals surface area contributed by atoms with Gasteiger partial charge in [0.15, 0.2) is 0 Å². The number of hydrogen-bond acceptors (Lipinski definition) is 6. The number of carbonyl (C=O) groups is 1. The molecule has 1 amide bonds. The van der Waals surface area contributed by atoms with Gasteiger partial charge < -0.3 is 5.32 Å². The first-order valence-corrected chi connectivity index (χ1v) is 12.7. The highest BCUT2D eigenvalue weighted by Crippen LogP contribution is 2.34. The third-order valence-corrected chi connectivity index (χ3v) is 7.30. The Balaban J connectivity index is 1.53. The molecule has 1 N–H and O–H groups in total. The summed E-state index contributed by atoms with van der Waals surface area (Å²) in [5.41, 5.74) is 4.77. The van der Waals surface area contributed by atoms with E-state index in [9.17, 15) is 9.59 Å². The number of rotatable bonds is 6. The Hall–Kier alpha value is -3.75. The Morgan fingerprint density at radius 3 is 2.42 bits per heavy atom. The van der Waals surface area contributed by atoms with Gasteiger partial charge in [0.05, 0.1) is 17.0 Å². The highest BCUT2D eigenvalue weighted by Gasteiger charge is 2.32. The Morgan fingerprint density at radius 1 is 0.944 bits per heavy atom. The smallest absolute Gasteiger partial charge is 0.267 e. The summed E-state index contributed by atoms with van der Waals surface area (Å²) in [6.45, 7) is 4.83. The standard InChI is InChI=1S/C28H24N4O2S2/c1-18-8-11-20(12-9-18)15-29-25-22(26(33)31-16-19(2)10-13-24(31)30-25)14-23-27(34)32(28(35)36-23)17-21-6-4-3-5-7-21/h3-14,16,29H,15,17H2,1-2H3/b23-14-. The number of anilines is 1. The summed E-state index contributed by atoms with van der Waals surface area (Å²) in [6, 6.07) is 21.6. The maximum Gasteiger partial charge on any atom is 0.267 e. The fourth-order valence-corrected chi connectivity index (χ4v) is 5.19. The molecule has 0 atom stereocenters. The molecule has 8 heteroatoms. The van der Waals surface area contributed by atoms with Gasteiger partial charge in [-0.3, -0.25) is 18.9 Å². The van der Waals surface area contributed by atoms with Crippen LogP contribution in [0.25, 0.3) is 11.7 Å². The topological polar surface area (TPSA) is 66.7 Å². The van der Waals surface area contributed by atoms with Gasteiger partial charge in [-0.1, -0.05) is 90.2 Å². The highest BCUT2D eigenvalue weighted by molar-refractivity contribution is 8.26. The van der Waals surface area contributed by atoms with E-state index >= 15 is 0 Å². The Bertz CT molecular complexity index is 1560. The number of pyridine rings is 1. The van der Waals surface area contributed by atoms with E-state index in [-0.39, 0.29) is 11.5 Å². The molecule has 4 aromatic rings. The number of nitrogens with zero attached hydrogens (tertiary/aromatic N) is 3. The molecule has 0 unspecified atom stereocenters. The summed E-state index contributed by atoms with van der Waals surface area (Å²) in [7, 11) is 0. The molecule has 1 saturated heterocycles. The predicted octanol–water partition coefficient (Wildman–Crippen LogP) is 5.32. The first kappa shape index (κ1) is 24.0. The van der Waals surface area contributed by atoms with Gasteiger partial charge in [-0.05, 0) is 42.7 Å². The molecule has 2 aromatic carbocycles. The minimum absolute atomic E-state index is 0.216. The van der Waals surface area contributed by atoms with Crippen LogP contribution >= 0.6 is 24.0 Å². The molecule has 5 rings (SSSR count). The van der Waals surface area contributed by atoms with Gasteiger partial charge in [0.1, 0.15) is 15.8 Å². The number of hydrogen-bond donors (Lipinski definition) is 1. The molecule has 1 fully saturated rings. The van der Waals surface area contributed by atoms with E-state index in [4.69, 9.17) is 17.2 Å². The van der Waals surface area contributed by atoms with E-state index < -0.39 is 0 Å². The number of aromatic nitrogens is 2. The van der Waals surface area contributed by atoms with Gasteiger partial charge >= 0.3 is 0 Å². The van der Waals surface area contributed by atoms with Crippen LogP contribution in [0.2, 0.25) is 0 Å². The van der Waals surface area contributed by atoms with Crippen molar-refractivity contribution in [2.24, 2.45) is 0 Å². The van der Waals surface area contributed by atoms with Crippen molar-refractivity contribution in [2.45, 2.75) is 26.9 Å². The zero-order valence-electron chi connectivity index (χ0n) is 19.9. The molecular weight excluding hydrogens is 488 g/mol. The number of nitrogens with one attached hydrogen (secondary N) is 1. The zero-order chi connectivity index (χ0) is 25.2. The quantitative estimate of drug-likeness (QED) is 0.278. The van der Waals surface area contributed by atoms with E-state index in [2.05, 4.69) is 5.32 Å². The van der Waals surface area contributed by atoms with Crippen LogP contribution < -0.4 is 10.9 Å². The fourth-order valence-electron chi connectivity index (χ4n) is 3.95. The van der Waals surface area contributed by atoms with Gasteiger partial charge in [-0.15, -0.1) is 0 Å². The summed E-state index contributed by atoms with van der Waals surface area (Å²) < 4.78 is 1.98. The van der Waals surface area contributed by atoms with E-state index in [1.165, 1.54) is 21.7 Å². The maximum atomic E-state index is 13.6. The van der Waals surface area contributed by atoms with E-state index in [0.29, 0.717) is 39.3 Å². The van der Waals surface area contributed by atoms with Crippen LogP contribution in [-0.4, -0.2) is 24.5 Å². The van der Waals surface area contributed by atoms with Crippen molar-refractivity contribution in [3.63, 3.8) is 0 Å². The minimum Gasteiger partial charge on any atom is -0.365 e. The summed E-state index contributed by atoms with van der Waals surface area (Å²) in [5, 5.41) is 3.31. The fraction of sp³-hybridized carbons (Fsp3) is 0.143. The molecule has 180 valence electrons. The number of thiocarbonyl (C=S) groups is 1. The van der Waals surface area contributed by atoms with Crippen molar-refractivity contribution in [3.05, 3.63) is 116 Å². The Labute approximate surface area is 218 Å². The number of thioether (sulfide) groups is 1. The number of amides is 1.